The highest BCUT2D eigenvalue weighted by atomic mass is 19.1. The van der Waals surface area contributed by atoms with Crippen LogP contribution in [0.15, 0.2) is 12.1 Å². The largest absolute Gasteiger partial charge is 0.493 e. The molecule has 1 aromatic rings. The van der Waals surface area contributed by atoms with Crippen molar-refractivity contribution in [1.82, 2.24) is 0 Å². The van der Waals surface area contributed by atoms with Crippen LogP contribution in [-0.4, -0.2) is 23.4 Å². The lowest BCUT2D eigenvalue weighted by Gasteiger charge is -2.40. The van der Waals surface area contributed by atoms with Gasteiger partial charge in [0.05, 0.1) is 13.2 Å². The lowest BCUT2D eigenvalue weighted by Crippen LogP contribution is -2.47. The number of fused-ring (bicyclic) bond motifs is 1. The zero-order valence-electron chi connectivity index (χ0n) is 11.1. The van der Waals surface area contributed by atoms with Gasteiger partial charge in [-0.05, 0) is 25.0 Å². The van der Waals surface area contributed by atoms with Gasteiger partial charge in [-0.2, -0.15) is 0 Å². The summed E-state index contributed by atoms with van der Waals surface area (Å²) in [5.41, 5.74) is -0.882. The van der Waals surface area contributed by atoms with Crippen LogP contribution in [0.4, 0.5) is 4.39 Å². The maximum Gasteiger partial charge on any atom is 0.165 e. The van der Waals surface area contributed by atoms with Gasteiger partial charge in [-0.25, -0.2) is 4.39 Å². The van der Waals surface area contributed by atoms with Crippen molar-refractivity contribution in [2.45, 2.75) is 38.9 Å². The van der Waals surface area contributed by atoms with E-state index in [0.29, 0.717) is 12.0 Å². The summed E-state index contributed by atoms with van der Waals surface area (Å²) in [4.78, 5) is 0. The van der Waals surface area contributed by atoms with Gasteiger partial charge in [-0.15, -0.1) is 0 Å². The van der Waals surface area contributed by atoms with Crippen LogP contribution in [-0.2, 0) is 12.0 Å². The molecule has 0 amide bonds. The summed E-state index contributed by atoms with van der Waals surface area (Å²) in [5, 5.41) is 20.9. The number of methoxy groups -OCH3 is 1. The van der Waals surface area contributed by atoms with E-state index in [1.54, 1.807) is 6.07 Å². The molecule has 1 aromatic carbocycles. The van der Waals surface area contributed by atoms with Gasteiger partial charge in [0.25, 0.3) is 0 Å². The fraction of sp³-hybridized carbons (Fsp3) is 0.571. The van der Waals surface area contributed by atoms with E-state index in [2.05, 4.69) is 0 Å². The minimum absolute atomic E-state index is 0.0291. The summed E-state index contributed by atoms with van der Waals surface area (Å²) in [6.45, 7) is 5.23. The molecule has 2 rings (SSSR count). The van der Waals surface area contributed by atoms with Crippen molar-refractivity contribution in [3.05, 3.63) is 29.1 Å². The first-order valence-corrected chi connectivity index (χ1v) is 6.02. The van der Waals surface area contributed by atoms with Gasteiger partial charge in [0.15, 0.2) is 11.6 Å². The van der Waals surface area contributed by atoms with Crippen LogP contribution in [0.5, 0.6) is 5.75 Å². The van der Waals surface area contributed by atoms with Crippen LogP contribution in [0.2, 0.25) is 0 Å². The molecule has 18 heavy (non-hydrogen) atoms. The highest BCUT2D eigenvalue weighted by molar-refractivity contribution is 5.51. The number of benzene rings is 1. The van der Waals surface area contributed by atoms with E-state index in [9.17, 15) is 14.6 Å². The van der Waals surface area contributed by atoms with Gasteiger partial charge < -0.3 is 14.9 Å². The zero-order valence-corrected chi connectivity index (χ0v) is 11.1. The zero-order chi connectivity index (χ0) is 13.7. The first kappa shape index (κ1) is 13.3. The van der Waals surface area contributed by atoms with Gasteiger partial charge in [0.2, 0.25) is 0 Å². The van der Waals surface area contributed by atoms with Gasteiger partial charge >= 0.3 is 0 Å². The second-order valence-electron chi connectivity index (χ2n) is 5.62. The second kappa shape index (κ2) is 3.93. The third-order valence-corrected chi connectivity index (χ3v) is 4.05. The van der Waals surface area contributed by atoms with Crippen LogP contribution >= 0.6 is 0 Å². The minimum atomic E-state index is -1.50. The van der Waals surface area contributed by atoms with Gasteiger partial charge in [0, 0.05) is 11.0 Å². The summed E-state index contributed by atoms with van der Waals surface area (Å²) in [5.74, 6) is -0.491. The van der Waals surface area contributed by atoms with Crippen LogP contribution in [0.3, 0.4) is 0 Å². The molecule has 0 aliphatic heterocycles. The van der Waals surface area contributed by atoms with E-state index in [1.165, 1.54) is 20.1 Å². The van der Waals surface area contributed by atoms with E-state index in [-0.39, 0.29) is 5.75 Å². The summed E-state index contributed by atoms with van der Waals surface area (Å²) in [7, 11) is 1.37. The Morgan fingerprint density at radius 2 is 2.00 bits per heavy atom. The maximum absolute atomic E-state index is 13.8. The molecule has 2 N–H and O–H groups in total. The minimum Gasteiger partial charge on any atom is -0.493 e. The quantitative estimate of drug-likeness (QED) is 0.848. The Labute approximate surface area is 106 Å². The number of rotatable bonds is 2. The number of halogens is 1. The molecule has 0 saturated heterocycles. The number of ether oxygens (including phenoxy) is 1. The Hall–Kier alpha value is -1.13. The Bertz CT molecular complexity index is 482. The molecule has 3 nitrogen and oxygen atoms in total. The van der Waals surface area contributed by atoms with Gasteiger partial charge in [-0.1, -0.05) is 19.9 Å². The number of aliphatic hydroxyl groups is 2. The SMILES string of the molecule is COc1c(F)ccc2c1C(O)(C(C)O)C(C)(C)C2. The highest BCUT2D eigenvalue weighted by Gasteiger charge is 2.56. The van der Waals surface area contributed by atoms with Crippen LogP contribution in [0, 0.1) is 11.2 Å². The van der Waals surface area contributed by atoms with E-state index in [0.717, 1.165) is 5.56 Å². The molecule has 0 spiro atoms. The smallest absolute Gasteiger partial charge is 0.165 e. The molecule has 100 valence electrons. The van der Waals surface area contributed by atoms with Crippen molar-refractivity contribution < 1.29 is 19.3 Å². The highest BCUT2D eigenvalue weighted by Crippen LogP contribution is 2.55. The third-order valence-electron chi connectivity index (χ3n) is 4.05. The van der Waals surface area contributed by atoms with Gasteiger partial charge in [0.1, 0.15) is 5.60 Å². The van der Waals surface area contributed by atoms with Crippen molar-refractivity contribution in [2.24, 2.45) is 5.41 Å². The third kappa shape index (κ3) is 1.49. The molecule has 0 aromatic heterocycles. The second-order valence-corrected chi connectivity index (χ2v) is 5.62. The molecule has 0 saturated carbocycles. The van der Waals surface area contributed by atoms with E-state index in [4.69, 9.17) is 4.74 Å². The first-order valence-electron chi connectivity index (χ1n) is 6.02. The van der Waals surface area contributed by atoms with Crippen LogP contribution in [0.1, 0.15) is 31.9 Å². The molecular weight excluding hydrogens is 235 g/mol. The van der Waals surface area contributed by atoms with Gasteiger partial charge in [-0.3, -0.25) is 0 Å². The van der Waals surface area contributed by atoms with Crippen molar-refractivity contribution in [1.29, 1.82) is 0 Å². The normalized spacial score (nSPS) is 26.8. The summed E-state index contributed by atoms with van der Waals surface area (Å²) >= 11 is 0. The average molecular weight is 254 g/mol. The summed E-state index contributed by atoms with van der Waals surface area (Å²) in [6, 6.07) is 2.98. The van der Waals surface area contributed by atoms with Crippen LogP contribution in [0.25, 0.3) is 0 Å². The predicted molar refractivity (Wildman–Crippen MR) is 66.0 cm³/mol. The Morgan fingerprint density at radius 3 is 2.50 bits per heavy atom. The maximum atomic E-state index is 13.8. The van der Waals surface area contributed by atoms with Crippen molar-refractivity contribution in [3.63, 3.8) is 0 Å². The molecule has 0 bridgehead atoms. The topological polar surface area (TPSA) is 49.7 Å². The summed E-state index contributed by atoms with van der Waals surface area (Å²) in [6.07, 6.45) is -0.440. The standard InChI is InChI=1S/C14H19FO3/c1-8(16)14(17)11-9(7-13(14,2)3)5-6-10(15)12(11)18-4/h5-6,8,16-17H,7H2,1-4H3. The van der Waals surface area contributed by atoms with Crippen molar-refractivity contribution >= 4 is 0 Å². The monoisotopic (exact) mass is 254 g/mol. The molecule has 0 heterocycles. The Kier molecular flexibility index (Phi) is 2.91. The molecular formula is C14H19FO3. The van der Waals surface area contributed by atoms with E-state index >= 15 is 0 Å². The number of hydrogen-bond donors (Lipinski definition) is 2. The lowest BCUT2D eigenvalue weighted by molar-refractivity contribution is -0.139. The van der Waals surface area contributed by atoms with Crippen molar-refractivity contribution in [2.75, 3.05) is 7.11 Å². The van der Waals surface area contributed by atoms with E-state index in [1.807, 2.05) is 13.8 Å². The fourth-order valence-electron chi connectivity index (χ4n) is 3.09. The average Bonchev–Trinajstić information content (AvgIpc) is 2.49. The Morgan fingerprint density at radius 1 is 1.39 bits per heavy atom. The first-order chi connectivity index (χ1) is 8.25. The number of hydrogen-bond acceptors (Lipinski definition) is 3. The molecule has 2 atom stereocenters. The molecule has 2 unspecified atom stereocenters. The Balaban J connectivity index is 2.76. The molecule has 0 fully saturated rings. The number of aliphatic hydroxyl groups excluding tert-OH is 1. The molecule has 1 aliphatic rings. The molecule has 0 radical (unpaired) electrons. The predicted octanol–water partition coefficient (Wildman–Crippen LogP) is 1.98. The summed E-state index contributed by atoms with van der Waals surface area (Å²) < 4.78 is 18.9. The van der Waals surface area contributed by atoms with Crippen LogP contribution < -0.4 is 4.74 Å². The van der Waals surface area contributed by atoms with Crippen molar-refractivity contribution in [3.8, 4) is 5.75 Å². The molecule has 4 heteroatoms. The lowest BCUT2D eigenvalue weighted by atomic mass is 9.72. The fourth-order valence-corrected chi connectivity index (χ4v) is 3.09. The van der Waals surface area contributed by atoms with E-state index < -0.39 is 22.9 Å². The molecule has 1 aliphatic carbocycles.